The van der Waals surface area contributed by atoms with Crippen LogP contribution in [-0.2, 0) is 6.42 Å². The van der Waals surface area contributed by atoms with Gasteiger partial charge < -0.3 is 10.2 Å². The van der Waals surface area contributed by atoms with Gasteiger partial charge in [0.05, 0.1) is 0 Å². The SMILES string of the molecule is CCCCCCCCCCCCCCCCCCCCCCc1cccc(C(=O)O)c1O.[CaH2]. The molecule has 33 heavy (non-hydrogen) atoms. The van der Waals surface area contributed by atoms with Gasteiger partial charge in [-0.2, -0.15) is 0 Å². The average molecular weight is 489 g/mol. The van der Waals surface area contributed by atoms with Crippen LogP contribution in [0.2, 0.25) is 0 Å². The Balaban J connectivity index is 0.0000102. The number of carboxylic acids is 1. The summed E-state index contributed by atoms with van der Waals surface area (Å²) in [5, 5.41) is 19.1. The van der Waals surface area contributed by atoms with Crippen molar-refractivity contribution in [1.29, 1.82) is 0 Å². The van der Waals surface area contributed by atoms with E-state index < -0.39 is 5.97 Å². The molecule has 1 aromatic rings. The number of phenols is 1. The van der Waals surface area contributed by atoms with Gasteiger partial charge in [0.25, 0.3) is 0 Å². The Bertz CT molecular complexity index is 588. The van der Waals surface area contributed by atoms with Crippen molar-refractivity contribution in [3.8, 4) is 5.75 Å². The summed E-state index contributed by atoms with van der Waals surface area (Å²) in [6.45, 7) is 2.28. The molecular weight excluding hydrogens is 436 g/mol. The number of aryl methyl sites for hydroxylation is 1. The predicted octanol–water partition coefficient (Wildman–Crippen LogP) is 8.54. The van der Waals surface area contributed by atoms with E-state index in [1.165, 1.54) is 122 Å². The molecule has 0 bridgehead atoms. The number of carboxylic acid groups (broad SMARTS) is 1. The quantitative estimate of drug-likeness (QED) is 0.127. The zero-order valence-electron chi connectivity index (χ0n) is 20.9. The average Bonchev–Trinajstić information content (AvgIpc) is 2.78. The monoisotopic (exact) mass is 488 g/mol. The Kier molecular flexibility index (Phi) is 23.3. The van der Waals surface area contributed by atoms with Crippen molar-refractivity contribution in [2.24, 2.45) is 0 Å². The first kappa shape index (κ1) is 32.7. The van der Waals surface area contributed by atoms with E-state index in [1.54, 1.807) is 6.07 Å². The van der Waals surface area contributed by atoms with Crippen LogP contribution in [-0.4, -0.2) is 53.9 Å². The molecule has 0 unspecified atom stereocenters. The molecule has 4 heteroatoms. The molecule has 1 aromatic carbocycles. The number of aromatic carboxylic acids is 1. The number of hydrogen-bond acceptors (Lipinski definition) is 2. The third-order valence-corrected chi connectivity index (χ3v) is 6.65. The first-order valence-corrected chi connectivity index (χ1v) is 13.7. The number of para-hydroxylation sites is 1. The van der Waals surface area contributed by atoms with Crippen LogP contribution in [0.25, 0.3) is 0 Å². The molecule has 0 radical (unpaired) electrons. The summed E-state index contributed by atoms with van der Waals surface area (Å²) in [7, 11) is 0. The second kappa shape index (κ2) is 23.5. The fraction of sp³-hybridized carbons (Fsp3) is 0.759. The maximum atomic E-state index is 11.1. The Morgan fingerprint density at radius 1 is 0.636 bits per heavy atom. The zero-order valence-corrected chi connectivity index (χ0v) is 20.9. The molecule has 0 aromatic heterocycles. The van der Waals surface area contributed by atoms with Crippen LogP contribution in [0.4, 0.5) is 0 Å². The molecule has 0 saturated carbocycles. The van der Waals surface area contributed by atoms with Crippen molar-refractivity contribution in [1.82, 2.24) is 0 Å². The molecule has 1 rings (SSSR count). The fourth-order valence-electron chi connectivity index (χ4n) is 4.54. The van der Waals surface area contributed by atoms with Crippen molar-refractivity contribution in [3.63, 3.8) is 0 Å². The Morgan fingerprint density at radius 3 is 1.36 bits per heavy atom. The van der Waals surface area contributed by atoms with Gasteiger partial charge in [-0.3, -0.25) is 0 Å². The molecular formula is C29H52CaO3. The van der Waals surface area contributed by atoms with E-state index in [1.807, 2.05) is 6.07 Å². The number of hydrogen-bond donors (Lipinski definition) is 2. The minimum atomic E-state index is -1.06. The molecule has 0 fully saturated rings. The molecule has 0 atom stereocenters. The summed E-state index contributed by atoms with van der Waals surface area (Å²) in [5.74, 6) is -1.12. The van der Waals surface area contributed by atoms with Gasteiger partial charge in [0.1, 0.15) is 11.3 Å². The van der Waals surface area contributed by atoms with Crippen molar-refractivity contribution < 1.29 is 15.0 Å². The van der Waals surface area contributed by atoms with Gasteiger partial charge in [-0.05, 0) is 24.5 Å². The first-order valence-electron chi connectivity index (χ1n) is 13.7. The van der Waals surface area contributed by atoms with Crippen LogP contribution in [0.5, 0.6) is 5.75 Å². The van der Waals surface area contributed by atoms with Crippen LogP contribution in [0, 0.1) is 0 Å². The van der Waals surface area contributed by atoms with Crippen molar-refractivity contribution >= 4 is 43.7 Å². The Labute approximate surface area is 234 Å². The number of aromatic hydroxyl groups is 1. The molecule has 0 aliphatic heterocycles. The summed E-state index contributed by atoms with van der Waals surface area (Å²) in [6, 6.07) is 5.00. The van der Waals surface area contributed by atoms with E-state index >= 15 is 0 Å². The van der Waals surface area contributed by atoms with E-state index in [0.29, 0.717) is 0 Å². The predicted molar refractivity (Wildman–Crippen MR) is 145 cm³/mol. The van der Waals surface area contributed by atoms with Crippen LogP contribution >= 0.6 is 0 Å². The molecule has 0 amide bonds. The van der Waals surface area contributed by atoms with E-state index in [0.717, 1.165) is 24.8 Å². The summed E-state index contributed by atoms with van der Waals surface area (Å²) in [5.41, 5.74) is 0.767. The van der Waals surface area contributed by atoms with Crippen LogP contribution < -0.4 is 0 Å². The van der Waals surface area contributed by atoms with Gasteiger partial charge >= 0.3 is 43.7 Å². The molecule has 0 spiro atoms. The number of unbranched alkanes of at least 4 members (excludes halogenated alkanes) is 19. The van der Waals surface area contributed by atoms with Crippen molar-refractivity contribution in [2.45, 2.75) is 142 Å². The Hall–Kier alpha value is -0.250. The van der Waals surface area contributed by atoms with Gasteiger partial charge in [-0.25, -0.2) is 4.79 Å². The number of benzene rings is 1. The standard InChI is InChI=1S/C29H50O3.Ca.2H/c1-2-3-4-5-6-7-8-9-10-11-12-13-14-15-16-17-18-19-20-21-23-26-24-22-25-27(28(26)30)29(31)32;;;/h22,24-25,30H,2-21,23H2,1H3,(H,31,32);;;. The van der Waals surface area contributed by atoms with E-state index in [-0.39, 0.29) is 49.1 Å². The molecule has 0 aliphatic carbocycles. The van der Waals surface area contributed by atoms with Crippen LogP contribution in [0.1, 0.15) is 151 Å². The normalized spacial score (nSPS) is 10.8. The van der Waals surface area contributed by atoms with Gasteiger partial charge in [0, 0.05) is 0 Å². The second-order valence-corrected chi connectivity index (χ2v) is 9.59. The molecule has 188 valence electrons. The third-order valence-electron chi connectivity index (χ3n) is 6.65. The minimum absolute atomic E-state index is 0. The topological polar surface area (TPSA) is 57.5 Å². The van der Waals surface area contributed by atoms with Crippen molar-refractivity contribution in [2.75, 3.05) is 0 Å². The fourth-order valence-corrected chi connectivity index (χ4v) is 4.54. The van der Waals surface area contributed by atoms with Crippen molar-refractivity contribution in [3.05, 3.63) is 29.3 Å². The third kappa shape index (κ3) is 17.8. The molecule has 0 saturated heterocycles. The van der Waals surface area contributed by atoms with Gasteiger partial charge in [-0.1, -0.05) is 141 Å². The molecule has 3 nitrogen and oxygen atoms in total. The molecule has 0 aliphatic rings. The maximum absolute atomic E-state index is 11.1. The summed E-state index contributed by atoms with van der Waals surface area (Å²) in [6.07, 6.45) is 28.1. The Morgan fingerprint density at radius 2 is 1.00 bits per heavy atom. The van der Waals surface area contributed by atoms with E-state index in [2.05, 4.69) is 6.92 Å². The molecule has 2 N–H and O–H groups in total. The molecule has 0 heterocycles. The number of carbonyl (C=O) groups is 1. The van der Waals surface area contributed by atoms with Gasteiger partial charge in [-0.15, -0.1) is 0 Å². The summed E-state index contributed by atoms with van der Waals surface area (Å²) >= 11 is 0. The summed E-state index contributed by atoms with van der Waals surface area (Å²) in [4.78, 5) is 11.1. The van der Waals surface area contributed by atoms with Crippen LogP contribution in [0.15, 0.2) is 18.2 Å². The van der Waals surface area contributed by atoms with E-state index in [4.69, 9.17) is 5.11 Å². The van der Waals surface area contributed by atoms with Gasteiger partial charge in [0.2, 0.25) is 0 Å². The van der Waals surface area contributed by atoms with E-state index in [9.17, 15) is 9.90 Å². The van der Waals surface area contributed by atoms with Gasteiger partial charge in [0.15, 0.2) is 0 Å². The summed E-state index contributed by atoms with van der Waals surface area (Å²) < 4.78 is 0. The first-order chi connectivity index (χ1) is 15.7. The van der Waals surface area contributed by atoms with Crippen LogP contribution in [0.3, 0.4) is 0 Å². The number of rotatable bonds is 22. The second-order valence-electron chi connectivity index (χ2n) is 9.59. The zero-order chi connectivity index (χ0) is 23.3.